The van der Waals surface area contributed by atoms with Gasteiger partial charge in [0, 0.05) is 76.4 Å². The third-order valence-electron chi connectivity index (χ3n) is 28.1. The van der Waals surface area contributed by atoms with Gasteiger partial charge in [-0.15, -0.1) is 0 Å². The molecule has 0 fully saturated rings. The highest BCUT2D eigenvalue weighted by molar-refractivity contribution is 6.26. The van der Waals surface area contributed by atoms with Crippen molar-refractivity contribution in [3.63, 3.8) is 0 Å². The van der Waals surface area contributed by atoms with E-state index < -0.39 is 0 Å². The molecule has 0 amide bonds. The Morgan fingerprint density at radius 1 is 0.132 bits per heavy atom. The van der Waals surface area contributed by atoms with E-state index in [0.29, 0.717) is 35.2 Å². The van der Waals surface area contributed by atoms with Crippen LogP contribution in [0.2, 0.25) is 0 Å². The summed E-state index contributed by atoms with van der Waals surface area (Å²) in [4.78, 5) is 31.9. The Hall–Kier alpha value is -18.4. The van der Waals surface area contributed by atoms with Crippen molar-refractivity contribution < 1.29 is 0 Å². The van der Waals surface area contributed by atoms with Crippen molar-refractivity contribution in [1.82, 2.24) is 48.2 Å². The van der Waals surface area contributed by atoms with Crippen molar-refractivity contribution in [2.45, 2.75) is 0 Å². The second-order valence-corrected chi connectivity index (χ2v) is 35.5. The summed E-state index contributed by atoms with van der Waals surface area (Å²) in [6.07, 6.45) is 0. The van der Waals surface area contributed by atoms with Crippen LogP contribution in [0.5, 0.6) is 0 Å². The van der Waals surface area contributed by atoms with E-state index in [1.54, 1.807) is 0 Å². The van der Waals surface area contributed by atoms with Gasteiger partial charge in [-0.05, 0) is 205 Å². The first-order chi connectivity index (χ1) is 67.4. The summed E-state index contributed by atoms with van der Waals surface area (Å²) in [6, 6.07) is 166. The fourth-order valence-electron chi connectivity index (χ4n) is 21.9. The average Bonchev–Trinajstić information content (AvgIpc) is 1.63. The standard InChI is InChI=1S/C65H39N5.C61H37N5/c1-3-19-45-40(15-1)17-13-27-54(45)63-66-64(55-28-14-18-41-16-2-4-20-46(41)55)68-65(67-63)70-60-30-12-10-26-53(60)58-38-43(32-36-62(58)70)42-31-35-61-57(37-42)52-25-9-11-29-59(52)69(61)44-33-34-51-49-23-6-5-21-47(49)48-22-7-8-24-50(48)56(51)39-44;1-4-20-43-38(15-1)18-13-27-50(43)59-62-60(51-28-14-19-39-16-2-5-21-44(39)51)64-61(63-59)66-55-30-12-10-26-49(55)53-36-41(32-34-57(53)66)40-31-33-56-52(35-40)48-25-9-11-29-54(48)65(56)58-37-42-17-3-6-22-45(42)46-23-7-8-24-47(46)58/h1-39H;1-37H. The maximum Gasteiger partial charge on any atom is 0.238 e. The first kappa shape index (κ1) is 76.5. The molecule has 0 atom stereocenters. The van der Waals surface area contributed by atoms with Gasteiger partial charge < -0.3 is 9.13 Å². The van der Waals surface area contributed by atoms with Gasteiger partial charge in [0.05, 0.1) is 49.8 Å². The monoisotopic (exact) mass is 1730 g/mol. The second kappa shape index (κ2) is 30.6. The number of hydrogen-bond donors (Lipinski definition) is 0. The van der Waals surface area contributed by atoms with Gasteiger partial charge in [0.15, 0.2) is 23.3 Å². The number of hydrogen-bond acceptors (Lipinski definition) is 6. The van der Waals surface area contributed by atoms with Crippen LogP contribution in [0.3, 0.4) is 0 Å². The summed E-state index contributed by atoms with van der Waals surface area (Å²) < 4.78 is 9.31. The van der Waals surface area contributed by atoms with Crippen LogP contribution in [-0.2, 0) is 0 Å². The highest BCUT2D eigenvalue weighted by Crippen LogP contribution is 2.47. The molecule has 23 aromatic carbocycles. The van der Waals surface area contributed by atoms with Crippen LogP contribution in [-0.4, -0.2) is 48.2 Å². The first-order valence-electron chi connectivity index (χ1n) is 46.3. The van der Waals surface area contributed by atoms with Gasteiger partial charge in [0.1, 0.15) is 0 Å². The van der Waals surface area contributed by atoms with Gasteiger partial charge in [-0.2, -0.15) is 19.9 Å². The molecule has 136 heavy (non-hydrogen) atoms. The molecule has 29 rings (SSSR count). The third kappa shape index (κ3) is 12.1. The van der Waals surface area contributed by atoms with Crippen molar-refractivity contribution in [3.8, 4) is 91.1 Å². The molecule has 10 nitrogen and oxygen atoms in total. The Morgan fingerprint density at radius 3 is 0.750 bits per heavy atom. The van der Waals surface area contributed by atoms with Gasteiger partial charge in [0.2, 0.25) is 11.9 Å². The van der Waals surface area contributed by atoms with Crippen molar-refractivity contribution in [1.29, 1.82) is 0 Å². The molecule has 0 aliphatic carbocycles. The summed E-state index contributed by atoms with van der Waals surface area (Å²) in [5.74, 6) is 3.67. The molecule has 0 bridgehead atoms. The van der Waals surface area contributed by atoms with E-state index in [9.17, 15) is 0 Å². The average molecular weight is 1730 g/mol. The maximum absolute atomic E-state index is 5.36. The van der Waals surface area contributed by atoms with Crippen molar-refractivity contribution in [3.05, 3.63) is 461 Å². The van der Waals surface area contributed by atoms with E-state index in [1.807, 2.05) is 0 Å². The number of rotatable bonds is 10. The van der Waals surface area contributed by atoms with Crippen molar-refractivity contribution in [2.75, 3.05) is 0 Å². The van der Waals surface area contributed by atoms with Crippen LogP contribution >= 0.6 is 0 Å². The maximum atomic E-state index is 5.36. The second-order valence-electron chi connectivity index (χ2n) is 35.5. The lowest BCUT2D eigenvalue weighted by Gasteiger charge is -2.14. The van der Waals surface area contributed by atoms with Gasteiger partial charge in [-0.3, -0.25) is 9.13 Å². The molecule has 0 spiro atoms. The van der Waals surface area contributed by atoms with Crippen LogP contribution in [0.4, 0.5) is 0 Å². The van der Waals surface area contributed by atoms with Gasteiger partial charge in [0.25, 0.3) is 0 Å². The van der Waals surface area contributed by atoms with E-state index in [-0.39, 0.29) is 0 Å². The normalized spacial score (nSPS) is 12.0. The molecule has 29 aromatic rings. The van der Waals surface area contributed by atoms with Gasteiger partial charge in [-0.1, -0.05) is 370 Å². The molecule has 0 unspecified atom stereocenters. The van der Waals surface area contributed by atoms with Crippen LogP contribution < -0.4 is 0 Å². The summed E-state index contributed by atoms with van der Waals surface area (Å²) in [5, 5.41) is 31.0. The predicted molar refractivity (Wildman–Crippen MR) is 567 cm³/mol. The molecule has 0 aliphatic heterocycles. The number of benzene rings is 23. The zero-order valence-electron chi connectivity index (χ0n) is 73.4. The van der Waals surface area contributed by atoms with E-state index in [2.05, 4.69) is 479 Å². The Bertz CT molecular complexity index is 9880. The number of para-hydroxylation sites is 4. The molecule has 10 heteroatoms. The lowest BCUT2D eigenvalue weighted by Crippen LogP contribution is -2.06. The van der Waals surface area contributed by atoms with Crippen molar-refractivity contribution >= 4 is 184 Å². The summed E-state index contributed by atoms with van der Waals surface area (Å²) >= 11 is 0. The number of nitrogens with zero attached hydrogens (tertiary/aromatic N) is 10. The lowest BCUT2D eigenvalue weighted by molar-refractivity contribution is 0.955. The molecular formula is C126H76N10. The Balaban J connectivity index is 0.000000135. The minimum atomic E-state index is 0.573. The van der Waals surface area contributed by atoms with Gasteiger partial charge >= 0.3 is 0 Å². The summed E-state index contributed by atoms with van der Waals surface area (Å²) in [7, 11) is 0. The molecule has 0 saturated carbocycles. The Morgan fingerprint density at radius 2 is 0.382 bits per heavy atom. The van der Waals surface area contributed by atoms with E-state index in [0.717, 1.165) is 137 Å². The number of aromatic nitrogens is 10. The molecule has 6 heterocycles. The molecule has 630 valence electrons. The summed E-state index contributed by atoms with van der Waals surface area (Å²) in [5.41, 5.74) is 19.6. The Kier molecular flexibility index (Phi) is 17.2. The van der Waals surface area contributed by atoms with Crippen molar-refractivity contribution in [2.24, 2.45) is 0 Å². The lowest BCUT2D eigenvalue weighted by atomic mass is 9.94. The SMILES string of the molecule is c1ccc2c(-c3nc(-c4cccc5ccccc45)nc(-n4c5ccccc5c5cc(-c6ccc7c(c6)c6ccccc6n7-c6cc7ccccc7c7ccccc67)ccc54)n3)cccc2c1.c1ccc2c(-c3nc(-c4cccc5ccccc45)nc(-n4c5ccccc5c5cc(-c6ccc7c(c6)c6ccccc6n7-c6ccc7c8ccccc8c8ccccc8c7c6)ccc54)n3)cccc2c1. The predicted octanol–water partition coefficient (Wildman–Crippen LogP) is 32.5. The zero-order valence-corrected chi connectivity index (χ0v) is 73.4. The van der Waals surface area contributed by atoms with Crippen LogP contribution in [0.1, 0.15) is 0 Å². The minimum Gasteiger partial charge on any atom is -0.309 e. The zero-order chi connectivity index (χ0) is 89.2. The van der Waals surface area contributed by atoms with E-state index >= 15 is 0 Å². The van der Waals surface area contributed by atoms with Crippen LogP contribution in [0.25, 0.3) is 275 Å². The molecule has 0 radical (unpaired) electrons. The Labute approximate surface area is 779 Å². The smallest absolute Gasteiger partial charge is 0.238 e. The highest BCUT2D eigenvalue weighted by Gasteiger charge is 2.26. The third-order valence-corrected chi connectivity index (χ3v) is 28.1. The number of fused-ring (bicyclic) bond motifs is 25. The minimum absolute atomic E-state index is 0.573. The molecule has 6 aromatic heterocycles. The van der Waals surface area contributed by atoms with E-state index in [4.69, 9.17) is 29.9 Å². The molecule has 0 saturated heterocycles. The molecule has 0 aliphatic rings. The summed E-state index contributed by atoms with van der Waals surface area (Å²) in [6.45, 7) is 0. The highest BCUT2D eigenvalue weighted by atomic mass is 15.2. The molecular weight excluding hydrogens is 1650 g/mol. The first-order valence-corrected chi connectivity index (χ1v) is 46.3. The van der Waals surface area contributed by atoms with Gasteiger partial charge in [-0.25, -0.2) is 9.97 Å². The fraction of sp³-hybridized carbons (Fsp3) is 0. The van der Waals surface area contributed by atoms with E-state index in [1.165, 1.54) is 103 Å². The quantitative estimate of drug-likeness (QED) is 0.127. The molecule has 0 N–H and O–H groups in total. The largest absolute Gasteiger partial charge is 0.309 e. The topological polar surface area (TPSA) is 97.1 Å². The van der Waals surface area contributed by atoms with Crippen LogP contribution in [0.15, 0.2) is 461 Å². The fourth-order valence-corrected chi connectivity index (χ4v) is 21.9. The van der Waals surface area contributed by atoms with Crippen LogP contribution in [0, 0.1) is 0 Å².